The molecular weight excluding hydrogens is 416 g/mol. The lowest BCUT2D eigenvalue weighted by atomic mass is 9.78. The summed E-state index contributed by atoms with van der Waals surface area (Å²) in [5, 5.41) is 9.62. The number of rotatable bonds is 5. The number of amides is 2. The summed E-state index contributed by atoms with van der Waals surface area (Å²) in [6, 6.07) is 9.06. The van der Waals surface area contributed by atoms with Crippen LogP contribution >= 0.6 is 11.8 Å². The Morgan fingerprint density at radius 1 is 1.29 bits per heavy atom. The van der Waals surface area contributed by atoms with E-state index in [-0.39, 0.29) is 17.9 Å². The van der Waals surface area contributed by atoms with Crippen LogP contribution < -0.4 is 0 Å². The molecule has 3 heterocycles. The lowest BCUT2D eigenvalue weighted by Gasteiger charge is -2.39. The third kappa shape index (κ3) is 2.96. The van der Waals surface area contributed by atoms with Gasteiger partial charge in [-0.25, -0.2) is 4.79 Å². The molecule has 2 saturated heterocycles. The molecular formula is C22H24N4O4S. The average Bonchev–Trinajstić information content (AvgIpc) is 3.41. The van der Waals surface area contributed by atoms with Crippen molar-refractivity contribution in [2.45, 2.75) is 37.6 Å². The quantitative estimate of drug-likeness (QED) is 0.508. The largest absolute Gasteiger partial charge is 0.467 e. The summed E-state index contributed by atoms with van der Waals surface area (Å²) in [5.41, 5.74) is 0.361. The molecule has 1 aromatic rings. The van der Waals surface area contributed by atoms with Gasteiger partial charge in [0.1, 0.15) is 0 Å². The van der Waals surface area contributed by atoms with Gasteiger partial charge in [-0.3, -0.25) is 19.5 Å². The molecule has 0 radical (unpaired) electrons. The number of hydrogen-bond donors (Lipinski definition) is 0. The zero-order valence-corrected chi connectivity index (χ0v) is 18.5. The Balaban J connectivity index is 1.67. The number of methoxy groups -OCH3 is 1. The maximum Gasteiger partial charge on any atom is 0.332 e. The number of benzene rings is 1. The maximum absolute atomic E-state index is 13.2. The molecule has 0 N–H and O–H groups in total. The van der Waals surface area contributed by atoms with E-state index in [1.165, 1.54) is 23.8 Å². The highest BCUT2D eigenvalue weighted by Gasteiger charge is 2.73. The first-order chi connectivity index (χ1) is 14.9. The molecule has 162 valence electrons. The summed E-state index contributed by atoms with van der Waals surface area (Å²) in [7, 11) is 1.32. The molecule has 31 heavy (non-hydrogen) atoms. The summed E-state index contributed by atoms with van der Waals surface area (Å²) < 4.78 is 5.18. The van der Waals surface area contributed by atoms with Crippen LogP contribution in [-0.4, -0.2) is 64.5 Å². The minimum absolute atomic E-state index is 0.222. The molecule has 0 bridgehead atoms. The highest BCUT2D eigenvalue weighted by molar-refractivity contribution is 8.13. The Hall–Kier alpha value is -2.86. The predicted molar refractivity (Wildman–Crippen MR) is 115 cm³/mol. The standard InChI is InChI=1S/C22H24N4O4S/c1-4-22(20(29)30-3)17-16(18(27)25(5-2)19(17)28)15-11-24-21(26(15)22)31-12-14-8-6-13(10-23)7-9-14/h6-9,15-17H,4-5,11-12H2,1-3H3/t15-,16+,17-,22-/m1/s1. The van der Waals surface area contributed by atoms with Crippen molar-refractivity contribution in [3.05, 3.63) is 35.4 Å². The van der Waals surface area contributed by atoms with Crippen LogP contribution in [0.5, 0.6) is 0 Å². The first kappa shape index (κ1) is 21.4. The Morgan fingerprint density at radius 3 is 2.58 bits per heavy atom. The molecule has 3 aliphatic rings. The van der Waals surface area contributed by atoms with E-state index in [9.17, 15) is 14.4 Å². The van der Waals surface area contributed by atoms with Gasteiger partial charge in [0.15, 0.2) is 10.7 Å². The minimum atomic E-state index is -1.24. The predicted octanol–water partition coefficient (Wildman–Crippen LogP) is 1.79. The van der Waals surface area contributed by atoms with Crippen LogP contribution in [-0.2, 0) is 24.9 Å². The summed E-state index contributed by atoms with van der Waals surface area (Å²) in [4.78, 5) is 47.2. The van der Waals surface area contributed by atoms with Crippen molar-refractivity contribution in [1.82, 2.24) is 9.80 Å². The molecule has 1 aromatic carbocycles. The van der Waals surface area contributed by atoms with Gasteiger partial charge in [-0.05, 0) is 31.0 Å². The van der Waals surface area contributed by atoms with Crippen LogP contribution in [0.25, 0.3) is 0 Å². The number of nitriles is 1. The number of hydrogen-bond acceptors (Lipinski definition) is 8. The number of fused-ring (bicyclic) bond motifs is 3. The normalized spacial score (nSPS) is 29.0. The monoisotopic (exact) mass is 440 g/mol. The van der Waals surface area contributed by atoms with Crippen LogP contribution in [0.4, 0.5) is 0 Å². The Morgan fingerprint density at radius 2 is 2.00 bits per heavy atom. The molecule has 2 fully saturated rings. The van der Waals surface area contributed by atoms with Gasteiger partial charge in [0.2, 0.25) is 11.8 Å². The van der Waals surface area contributed by atoms with Crippen molar-refractivity contribution in [3.63, 3.8) is 0 Å². The van der Waals surface area contributed by atoms with E-state index in [4.69, 9.17) is 10.00 Å². The van der Waals surface area contributed by atoms with Crippen molar-refractivity contribution >= 4 is 34.7 Å². The number of nitrogens with zero attached hydrogens (tertiary/aromatic N) is 4. The van der Waals surface area contributed by atoms with Crippen LogP contribution in [0.3, 0.4) is 0 Å². The van der Waals surface area contributed by atoms with E-state index >= 15 is 0 Å². The van der Waals surface area contributed by atoms with E-state index < -0.39 is 23.3 Å². The second-order valence-electron chi connectivity index (χ2n) is 7.85. The average molecular weight is 441 g/mol. The van der Waals surface area contributed by atoms with Crippen molar-refractivity contribution in [2.24, 2.45) is 16.8 Å². The number of amidine groups is 1. The first-order valence-electron chi connectivity index (χ1n) is 10.3. The van der Waals surface area contributed by atoms with Crippen LogP contribution in [0.2, 0.25) is 0 Å². The van der Waals surface area contributed by atoms with Crippen molar-refractivity contribution in [3.8, 4) is 6.07 Å². The third-order valence-corrected chi connectivity index (χ3v) is 7.66. The van der Waals surface area contributed by atoms with Crippen LogP contribution in [0.1, 0.15) is 31.4 Å². The smallest absolute Gasteiger partial charge is 0.332 e. The summed E-state index contributed by atoms with van der Waals surface area (Å²) in [5.74, 6) is -1.78. The van der Waals surface area contributed by atoms with Gasteiger partial charge in [-0.2, -0.15) is 5.26 Å². The lowest BCUT2D eigenvalue weighted by Crippen LogP contribution is -2.59. The van der Waals surface area contributed by atoms with Gasteiger partial charge in [-0.15, -0.1) is 0 Å². The fraction of sp³-hybridized carbons (Fsp3) is 0.500. The zero-order valence-electron chi connectivity index (χ0n) is 17.7. The number of esters is 1. The van der Waals surface area contributed by atoms with Crippen LogP contribution in [0.15, 0.2) is 29.3 Å². The number of ether oxygens (including phenoxy) is 1. The van der Waals surface area contributed by atoms with Crippen molar-refractivity contribution < 1.29 is 19.1 Å². The molecule has 9 heteroatoms. The van der Waals surface area contributed by atoms with Crippen molar-refractivity contribution in [2.75, 3.05) is 20.2 Å². The Labute approximate surface area is 185 Å². The zero-order chi connectivity index (χ0) is 22.3. The fourth-order valence-electron chi connectivity index (χ4n) is 5.19. The maximum atomic E-state index is 13.2. The van der Waals surface area contributed by atoms with E-state index in [1.807, 2.05) is 24.0 Å². The topological polar surface area (TPSA) is 103 Å². The number of carbonyl (C=O) groups is 3. The number of carbonyl (C=O) groups excluding carboxylic acids is 3. The number of likely N-dealkylation sites (tertiary alicyclic amines) is 1. The molecule has 4 rings (SSSR count). The molecule has 3 aliphatic heterocycles. The molecule has 0 aliphatic carbocycles. The molecule has 4 atom stereocenters. The number of aliphatic imine (C=N–C) groups is 1. The van der Waals surface area contributed by atoms with E-state index in [0.29, 0.717) is 36.0 Å². The van der Waals surface area contributed by atoms with Gasteiger partial charge >= 0.3 is 5.97 Å². The van der Waals surface area contributed by atoms with Gasteiger partial charge in [0.25, 0.3) is 0 Å². The molecule has 8 nitrogen and oxygen atoms in total. The molecule has 0 aromatic heterocycles. The summed E-state index contributed by atoms with van der Waals surface area (Å²) in [6.07, 6.45) is 0.338. The summed E-state index contributed by atoms with van der Waals surface area (Å²) >= 11 is 1.47. The van der Waals surface area contributed by atoms with E-state index in [0.717, 1.165) is 5.56 Å². The van der Waals surface area contributed by atoms with Gasteiger partial charge in [-0.1, -0.05) is 30.8 Å². The molecule has 0 unspecified atom stereocenters. The fourth-order valence-corrected chi connectivity index (χ4v) is 6.28. The number of thioether (sulfide) groups is 1. The van der Waals surface area contributed by atoms with E-state index in [2.05, 4.69) is 11.1 Å². The number of imide groups is 1. The van der Waals surface area contributed by atoms with Gasteiger partial charge in [0, 0.05) is 12.3 Å². The van der Waals surface area contributed by atoms with Gasteiger partial charge in [0.05, 0.1) is 43.2 Å². The Kier molecular flexibility index (Phi) is 5.52. The van der Waals surface area contributed by atoms with E-state index in [1.54, 1.807) is 19.1 Å². The summed E-state index contributed by atoms with van der Waals surface area (Å²) in [6.45, 7) is 4.28. The SMILES string of the molecule is CCN1C(=O)[C@H]2[C@H]3CN=C(SCc4ccc(C#N)cc4)N3[C@@](CC)(C(=O)OC)[C@H]2C1=O. The Bertz CT molecular complexity index is 1000. The van der Waals surface area contributed by atoms with Crippen LogP contribution in [0, 0.1) is 23.2 Å². The second kappa shape index (κ2) is 8.00. The molecule has 0 spiro atoms. The first-order valence-corrected chi connectivity index (χ1v) is 11.3. The minimum Gasteiger partial charge on any atom is -0.467 e. The highest BCUT2D eigenvalue weighted by atomic mass is 32.2. The van der Waals surface area contributed by atoms with Gasteiger partial charge < -0.3 is 9.64 Å². The van der Waals surface area contributed by atoms with Crippen molar-refractivity contribution in [1.29, 1.82) is 5.26 Å². The molecule has 2 amide bonds. The second-order valence-corrected chi connectivity index (χ2v) is 8.79. The highest BCUT2D eigenvalue weighted by Crippen LogP contribution is 2.53. The lowest BCUT2D eigenvalue weighted by molar-refractivity contribution is -0.158. The third-order valence-electron chi connectivity index (χ3n) is 6.60. The molecule has 0 saturated carbocycles.